The molecule has 0 aromatic carbocycles. The van der Waals surface area contributed by atoms with Gasteiger partial charge in [0.1, 0.15) is 6.29 Å². The predicted octanol–water partition coefficient (Wildman–Crippen LogP) is 0.603. The van der Waals surface area contributed by atoms with Crippen molar-refractivity contribution in [2.75, 3.05) is 13.2 Å². The van der Waals surface area contributed by atoms with Crippen molar-refractivity contribution >= 4 is 6.29 Å². The molecule has 0 aromatic heterocycles. The molecule has 2 aliphatic heterocycles. The number of carbonyl (C=O) groups excluding carboxylic acids is 1. The number of morpholine rings is 1. The Bertz CT molecular complexity index is 227. The maximum atomic E-state index is 10.2. The summed E-state index contributed by atoms with van der Waals surface area (Å²) in [5.41, 5.74) is 0. The Morgan fingerprint density at radius 1 is 1.62 bits per heavy atom. The molecule has 2 rings (SSSR count). The van der Waals surface area contributed by atoms with Crippen LogP contribution in [0.25, 0.3) is 0 Å². The molecule has 2 saturated heterocycles. The number of nitrogens with zero attached hydrogens (tertiary/aromatic N) is 1. The topological polar surface area (TPSA) is 29.5 Å². The van der Waals surface area contributed by atoms with Crippen molar-refractivity contribution in [1.82, 2.24) is 4.90 Å². The minimum absolute atomic E-state index is 0.365. The first-order valence-corrected chi connectivity index (χ1v) is 4.80. The molecular weight excluding hydrogens is 166 g/mol. The van der Waals surface area contributed by atoms with Crippen molar-refractivity contribution in [1.29, 1.82) is 0 Å². The lowest BCUT2D eigenvalue weighted by molar-refractivity contribution is -0.104. The standard InChI is InChI=1S/C10H15NO2/c1-8(3-2-4-12)11-6-10-5-9(11)7-13-10/h2-4,8-10H,5-7H2,1H3/b3-2+/t8-,9?,10?/m0/s1. The summed E-state index contributed by atoms with van der Waals surface area (Å²) < 4.78 is 5.50. The van der Waals surface area contributed by atoms with Gasteiger partial charge in [-0.2, -0.15) is 0 Å². The zero-order valence-electron chi connectivity index (χ0n) is 7.85. The molecule has 0 aromatic rings. The second kappa shape index (κ2) is 3.60. The van der Waals surface area contributed by atoms with Gasteiger partial charge in [-0.1, -0.05) is 6.08 Å². The summed E-state index contributed by atoms with van der Waals surface area (Å²) >= 11 is 0. The van der Waals surface area contributed by atoms with E-state index in [0.29, 0.717) is 18.2 Å². The van der Waals surface area contributed by atoms with Crippen molar-refractivity contribution in [2.45, 2.75) is 31.5 Å². The Morgan fingerprint density at radius 2 is 2.46 bits per heavy atom. The number of rotatable bonds is 3. The largest absolute Gasteiger partial charge is 0.375 e. The van der Waals surface area contributed by atoms with Crippen LogP contribution in [0.2, 0.25) is 0 Å². The summed E-state index contributed by atoms with van der Waals surface area (Å²) in [6, 6.07) is 0.945. The maximum Gasteiger partial charge on any atom is 0.142 e. The molecule has 3 nitrogen and oxygen atoms in total. The molecular formula is C10H15NO2. The fourth-order valence-electron chi connectivity index (χ4n) is 2.24. The lowest BCUT2D eigenvalue weighted by Crippen LogP contribution is -2.41. The summed E-state index contributed by atoms with van der Waals surface area (Å²) in [4.78, 5) is 12.6. The van der Waals surface area contributed by atoms with Crippen molar-refractivity contribution in [3.05, 3.63) is 12.2 Å². The molecule has 0 aliphatic carbocycles. The van der Waals surface area contributed by atoms with Gasteiger partial charge in [0, 0.05) is 18.6 Å². The van der Waals surface area contributed by atoms with Crippen molar-refractivity contribution in [2.24, 2.45) is 0 Å². The van der Waals surface area contributed by atoms with Crippen LogP contribution in [-0.2, 0) is 9.53 Å². The smallest absolute Gasteiger partial charge is 0.142 e. The number of carbonyl (C=O) groups is 1. The molecule has 72 valence electrons. The van der Waals surface area contributed by atoms with Gasteiger partial charge in [0.25, 0.3) is 0 Å². The monoisotopic (exact) mass is 181 g/mol. The SMILES string of the molecule is C[C@@H](/C=C/C=O)N1CC2CC1CO2. The summed E-state index contributed by atoms with van der Waals surface area (Å²) in [7, 11) is 0. The molecule has 3 heteroatoms. The molecule has 2 aliphatic rings. The summed E-state index contributed by atoms with van der Waals surface area (Å²) in [5.74, 6) is 0. The third kappa shape index (κ3) is 1.67. The van der Waals surface area contributed by atoms with E-state index in [-0.39, 0.29) is 0 Å². The number of allylic oxidation sites excluding steroid dienone is 1. The van der Waals surface area contributed by atoms with E-state index in [0.717, 1.165) is 19.4 Å². The molecule has 13 heavy (non-hydrogen) atoms. The molecule has 0 saturated carbocycles. The fourth-order valence-corrected chi connectivity index (χ4v) is 2.24. The van der Waals surface area contributed by atoms with Gasteiger partial charge in [-0.3, -0.25) is 9.69 Å². The molecule has 2 heterocycles. The van der Waals surface area contributed by atoms with Gasteiger partial charge in [-0.15, -0.1) is 0 Å². The minimum Gasteiger partial charge on any atom is -0.375 e. The Balaban J connectivity index is 1.94. The van der Waals surface area contributed by atoms with Crippen molar-refractivity contribution in [3.8, 4) is 0 Å². The zero-order chi connectivity index (χ0) is 9.26. The van der Waals surface area contributed by atoms with Gasteiger partial charge < -0.3 is 4.74 Å². The maximum absolute atomic E-state index is 10.2. The number of fused-ring (bicyclic) bond motifs is 2. The van der Waals surface area contributed by atoms with Gasteiger partial charge in [0.05, 0.1) is 12.7 Å². The van der Waals surface area contributed by atoms with Crippen LogP contribution in [0, 0.1) is 0 Å². The van der Waals surface area contributed by atoms with Gasteiger partial charge in [-0.25, -0.2) is 0 Å². The average molecular weight is 181 g/mol. The zero-order valence-corrected chi connectivity index (χ0v) is 7.85. The van der Waals surface area contributed by atoms with E-state index < -0.39 is 0 Å². The Kier molecular flexibility index (Phi) is 2.47. The number of likely N-dealkylation sites (tertiary alicyclic amines) is 1. The molecule has 0 N–H and O–H groups in total. The van der Waals surface area contributed by atoms with Gasteiger partial charge in [0.15, 0.2) is 0 Å². The van der Waals surface area contributed by atoms with E-state index in [2.05, 4.69) is 11.8 Å². The molecule has 2 fully saturated rings. The van der Waals surface area contributed by atoms with E-state index in [1.54, 1.807) is 6.08 Å². The number of ether oxygens (including phenoxy) is 1. The van der Waals surface area contributed by atoms with Crippen LogP contribution in [-0.4, -0.2) is 42.5 Å². The first-order chi connectivity index (χ1) is 6.31. The van der Waals surface area contributed by atoms with Crippen LogP contribution >= 0.6 is 0 Å². The molecule has 0 spiro atoms. The van der Waals surface area contributed by atoms with Crippen LogP contribution in [0.5, 0.6) is 0 Å². The van der Waals surface area contributed by atoms with Gasteiger partial charge in [-0.05, 0) is 19.4 Å². The van der Waals surface area contributed by atoms with Gasteiger partial charge in [0.2, 0.25) is 0 Å². The normalized spacial score (nSPS) is 35.8. The second-order valence-corrected chi connectivity index (χ2v) is 3.80. The Labute approximate surface area is 78.4 Å². The predicted molar refractivity (Wildman–Crippen MR) is 49.5 cm³/mol. The third-order valence-electron chi connectivity index (χ3n) is 2.93. The number of hydrogen-bond acceptors (Lipinski definition) is 3. The lowest BCUT2D eigenvalue weighted by Gasteiger charge is -2.30. The van der Waals surface area contributed by atoms with Crippen LogP contribution in [0.4, 0.5) is 0 Å². The second-order valence-electron chi connectivity index (χ2n) is 3.80. The van der Waals surface area contributed by atoms with E-state index in [4.69, 9.17) is 4.74 Å². The molecule has 0 radical (unpaired) electrons. The average Bonchev–Trinajstić information content (AvgIpc) is 2.74. The Morgan fingerprint density at radius 3 is 3.00 bits per heavy atom. The first kappa shape index (κ1) is 8.91. The fraction of sp³-hybridized carbons (Fsp3) is 0.700. The van der Waals surface area contributed by atoms with Crippen LogP contribution in [0.3, 0.4) is 0 Å². The minimum atomic E-state index is 0.365. The molecule has 2 bridgehead atoms. The van der Waals surface area contributed by atoms with Crippen LogP contribution in [0.15, 0.2) is 12.2 Å². The highest BCUT2D eigenvalue weighted by Gasteiger charge is 2.40. The lowest BCUT2D eigenvalue weighted by atomic mass is 10.2. The highest BCUT2D eigenvalue weighted by atomic mass is 16.5. The van der Waals surface area contributed by atoms with Gasteiger partial charge >= 0.3 is 0 Å². The van der Waals surface area contributed by atoms with Crippen LogP contribution in [0.1, 0.15) is 13.3 Å². The number of aldehydes is 1. The molecule has 0 amide bonds. The van der Waals surface area contributed by atoms with E-state index in [9.17, 15) is 4.79 Å². The van der Waals surface area contributed by atoms with E-state index >= 15 is 0 Å². The summed E-state index contributed by atoms with van der Waals surface area (Å²) in [5, 5.41) is 0. The van der Waals surface area contributed by atoms with Crippen molar-refractivity contribution in [3.63, 3.8) is 0 Å². The summed E-state index contributed by atoms with van der Waals surface area (Å²) in [6.07, 6.45) is 5.98. The summed E-state index contributed by atoms with van der Waals surface area (Å²) in [6.45, 7) is 4.01. The highest BCUT2D eigenvalue weighted by Crippen LogP contribution is 2.29. The van der Waals surface area contributed by atoms with E-state index in [1.165, 1.54) is 6.42 Å². The number of hydrogen-bond donors (Lipinski definition) is 0. The quantitative estimate of drug-likeness (QED) is 0.472. The Hall–Kier alpha value is -0.670. The third-order valence-corrected chi connectivity index (χ3v) is 2.93. The van der Waals surface area contributed by atoms with E-state index in [1.807, 2.05) is 6.08 Å². The highest BCUT2D eigenvalue weighted by molar-refractivity contribution is 5.64. The molecule has 2 unspecified atom stereocenters. The van der Waals surface area contributed by atoms with Crippen molar-refractivity contribution < 1.29 is 9.53 Å². The van der Waals surface area contributed by atoms with Crippen LogP contribution < -0.4 is 0 Å². The molecule has 3 atom stereocenters. The first-order valence-electron chi connectivity index (χ1n) is 4.80.